The van der Waals surface area contributed by atoms with Gasteiger partial charge in [-0.25, -0.2) is 0 Å². The van der Waals surface area contributed by atoms with Crippen LogP contribution in [0.3, 0.4) is 0 Å². The van der Waals surface area contributed by atoms with Crippen molar-refractivity contribution in [3.8, 4) is 11.5 Å². The summed E-state index contributed by atoms with van der Waals surface area (Å²) in [4.78, 5) is 13.5. The van der Waals surface area contributed by atoms with E-state index in [0.29, 0.717) is 17.9 Å². The van der Waals surface area contributed by atoms with Gasteiger partial charge in [-0.1, -0.05) is 204 Å². The van der Waals surface area contributed by atoms with Crippen molar-refractivity contribution in [1.29, 1.82) is 0 Å². The number of unbranched alkanes of at least 4 members (excludes halogenated alkanes) is 14. The first kappa shape index (κ1) is 48.7. The number of aromatic hydroxyl groups is 2. The van der Waals surface area contributed by atoms with E-state index in [1.54, 1.807) is 0 Å². The van der Waals surface area contributed by atoms with Crippen LogP contribution < -0.4 is 5.32 Å². The summed E-state index contributed by atoms with van der Waals surface area (Å²) in [7, 11) is 0. The smallest absolute Gasteiger partial charge is 0.220 e. The number of aryl methyl sites for hydroxylation is 2. The van der Waals surface area contributed by atoms with Crippen LogP contribution in [0.4, 0.5) is 0 Å². The number of benzene rings is 2. The fourth-order valence-electron chi connectivity index (χ4n) is 7.89. The molecule has 4 heteroatoms. The summed E-state index contributed by atoms with van der Waals surface area (Å²) in [6.07, 6.45) is 23.7. The van der Waals surface area contributed by atoms with E-state index in [0.717, 1.165) is 60.8 Å². The van der Waals surface area contributed by atoms with Crippen LogP contribution in [0.25, 0.3) is 0 Å². The Bertz CT molecular complexity index is 1270. The lowest BCUT2D eigenvalue weighted by Gasteiger charge is -2.29. The van der Waals surface area contributed by atoms with E-state index in [-0.39, 0.29) is 33.6 Å². The van der Waals surface area contributed by atoms with Crippen LogP contribution in [-0.4, -0.2) is 22.2 Å². The van der Waals surface area contributed by atoms with Crippen LogP contribution >= 0.6 is 0 Å². The minimum atomic E-state index is -0.185. The van der Waals surface area contributed by atoms with Gasteiger partial charge in [-0.2, -0.15) is 0 Å². The van der Waals surface area contributed by atoms with Crippen molar-refractivity contribution in [3.63, 3.8) is 0 Å². The molecule has 0 atom stereocenters. The molecule has 0 bridgehead atoms. The first-order valence-electron chi connectivity index (χ1n) is 22.6. The van der Waals surface area contributed by atoms with Gasteiger partial charge in [0.1, 0.15) is 11.5 Å². The average Bonchev–Trinajstić information content (AvgIpc) is 3.06. The normalized spacial score (nSPS) is 12.8. The number of phenols is 2. The van der Waals surface area contributed by atoms with Gasteiger partial charge in [0.25, 0.3) is 0 Å². The molecule has 0 aromatic heterocycles. The summed E-state index contributed by atoms with van der Waals surface area (Å²) >= 11 is 0. The second kappa shape index (κ2) is 22.4. The van der Waals surface area contributed by atoms with E-state index in [4.69, 9.17) is 0 Å². The number of nitrogens with one attached hydrogen (secondary N) is 1. The number of carbonyl (C=O) groups is 1. The van der Waals surface area contributed by atoms with E-state index in [1.165, 1.54) is 94.6 Å². The van der Waals surface area contributed by atoms with Gasteiger partial charge in [0.2, 0.25) is 5.91 Å². The predicted molar refractivity (Wildman–Crippen MR) is 239 cm³/mol. The van der Waals surface area contributed by atoms with Gasteiger partial charge >= 0.3 is 0 Å². The fraction of sp³-hybridized carbons (Fsp3) is 0.745. The van der Waals surface area contributed by atoms with Gasteiger partial charge in [0, 0.05) is 12.5 Å². The molecule has 0 radical (unpaired) electrons. The maximum Gasteiger partial charge on any atom is 0.220 e. The molecule has 0 fully saturated rings. The number of amides is 1. The molecule has 4 nitrogen and oxygen atoms in total. The van der Waals surface area contributed by atoms with Crippen LogP contribution in [0.1, 0.15) is 239 Å². The van der Waals surface area contributed by atoms with Crippen LogP contribution in [0.5, 0.6) is 11.5 Å². The molecule has 0 aliphatic rings. The van der Waals surface area contributed by atoms with Crippen molar-refractivity contribution in [3.05, 3.63) is 57.6 Å². The molecule has 0 unspecified atom stereocenters. The Balaban J connectivity index is 2.08. The third kappa shape index (κ3) is 17.7. The molecule has 0 aliphatic carbocycles. The molecule has 0 heterocycles. The van der Waals surface area contributed by atoms with Crippen molar-refractivity contribution in [2.45, 2.75) is 246 Å². The zero-order chi connectivity index (χ0) is 41.5. The van der Waals surface area contributed by atoms with Crippen LogP contribution in [0.15, 0.2) is 24.3 Å². The highest BCUT2D eigenvalue weighted by atomic mass is 16.3. The topological polar surface area (TPSA) is 69.6 Å². The lowest BCUT2D eigenvalue weighted by atomic mass is 9.77. The Labute approximate surface area is 340 Å². The lowest BCUT2D eigenvalue weighted by Crippen LogP contribution is -2.35. The number of hydrogen-bond acceptors (Lipinski definition) is 3. The Kier molecular flexibility index (Phi) is 19.9. The minimum absolute atomic E-state index is 0.0267. The van der Waals surface area contributed by atoms with E-state index in [1.807, 2.05) is 0 Å². The zero-order valence-corrected chi connectivity index (χ0v) is 38.3. The Hall–Kier alpha value is -2.49. The molecule has 314 valence electrons. The van der Waals surface area contributed by atoms with Crippen LogP contribution in [-0.2, 0) is 39.3 Å². The lowest BCUT2D eigenvalue weighted by molar-refractivity contribution is -0.122. The number of phenolic OH excluding ortho intramolecular Hbond substituents is 2. The number of rotatable bonds is 23. The average molecular weight is 762 g/mol. The Morgan fingerprint density at radius 3 is 1.04 bits per heavy atom. The number of carbonyl (C=O) groups excluding carboxylic acids is 1. The molecule has 0 aliphatic heterocycles. The van der Waals surface area contributed by atoms with Crippen molar-refractivity contribution in [1.82, 2.24) is 5.32 Å². The number of hydrogen-bond donors (Lipinski definition) is 3. The third-order valence-electron chi connectivity index (χ3n) is 11.5. The second-order valence-corrected chi connectivity index (χ2v) is 21.1. The van der Waals surface area contributed by atoms with Crippen LogP contribution in [0, 0.1) is 0 Å². The molecular formula is C51H87NO3. The maximum absolute atomic E-state index is 13.5. The second-order valence-electron chi connectivity index (χ2n) is 21.1. The third-order valence-corrected chi connectivity index (χ3v) is 11.5. The molecular weight excluding hydrogens is 675 g/mol. The monoisotopic (exact) mass is 762 g/mol. The minimum Gasteiger partial charge on any atom is -0.507 e. The quantitative estimate of drug-likeness (QED) is 0.0988. The van der Waals surface area contributed by atoms with Gasteiger partial charge in [0.05, 0.1) is 0 Å². The summed E-state index contributed by atoms with van der Waals surface area (Å²) in [6, 6.07) is 8.77. The van der Waals surface area contributed by atoms with Crippen molar-refractivity contribution in [2.24, 2.45) is 0 Å². The van der Waals surface area contributed by atoms with Gasteiger partial charge in [-0.05, 0) is 87.1 Å². The first-order chi connectivity index (χ1) is 25.6. The summed E-state index contributed by atoms with van der Waals surface area (Å²) in [5, 5.41) is 26.1. The molecule has 1 amide bonds. The molecule has 2 aromatic rings. The highest BCUT2D eigenvalue weighted by molar-refractivity contribution is 5.76. The highest BCUT2D eigenvalue weighted by Crippen LogP contribution is 2.41. The Morgan fingerprint density at radius 2 is 0.764 bits per heavy atom. The Morgan fingerprint density at radius 1 is 0.491 bits per heavy atom. The van der Waals surface area contributed by atoms with Crippen molar-refractivity contribution >= 4 is 5.91 Å². The molecule has 0 spiro atoms. The molecule has 2 aromatic carbocycles. The summed E-state index contributed by atoms with van der Waals surface area (Å²) in [6.45, 7) is 28.2. The molecule has 0 saturated heterocycles. The molecule has 0 saturated carbocycles. The van der Waals surface area contributed by atoms with E-state index >= 15 is 0 Å². The van der Waals surface area contributed by atoms with Crippen molar-refractivity contribution < 1.29 is 15.0 Å². The van der Waals surface area contributed by atoms with E-state index in [9.17, 15) is 15.0 Å². The van der Waals surface area contributed by atoms with Gasteiger partial charge in [0.15, 0.2) is 0 Å². The van der Waals surface area contributed by atoms with Gasteiger partial charge < -0.3 is 15.5 Å². The summed E-state index contributed by atoms with van der Waals surface area (Å²) < 4.78 is 0. The molecule has 3 N–H and O–H groups in total. The standard InChI is InChI=1S/C51H87NO3/c1-14-15-16-17-18-19-20-21-22-23-24-25-26-27-28-29-45(53)52-40(32-30-38-34-41(48(2,3)4)46(54)42(35-38)49(5,6)7)33-31-39-36-43(50(8,9)10)47(55)44(37-39)51(11,12)13/h34-37,40,54-55H,14-33H2,1-13H3,(H,52,53). The predicted octanol–water partition coefficient (Wildman–Crippen LogP) is 14.6. The van der Waals surface area contributed by atoms with Crippen LogP contribution in [0.2, 0.25) is 0 Å². The zero-order valence-electron chi connectivity index (χ0n) is 38.3. The molecule has 55 heavy (non-hydrogen) atoms. The van der Waals surface area contributed by atoms with E-state index in [2.05, 4.69) is 120 Å². The first-order valence-corrected chi connectivity index (χ1v) is 22.6. The summed E-state index contributed by atoms with van der Waals surface area (Å²) in [5.74, 6) is 0.982. The molecule has 2 rings (SSSR count). The largest absolute Gasteiger partial charge is 0.507 e. The summed E-state index contributed by atoms with van der Waals surface area (Å²) in [5.41, 5.74) is 5.62. The van der Waals surface area contributed by atoms with Gasteiger partial charge in [-0.3, -0.25) is 4.79 Å². The fourth-order valence-corrected chi connectivity index (χ4v) is 7.89. The van der Waals surface area contributed by atoms with E-state index < -0.39 is 0 Å². The van der Waals surface area contributed by atoms with Crippen molar-refractivity contribution in [2.75, 3.05) is 0 Å². The maximum atomic E-state index is 13.5. The van der Waals surface area contributed by atoms with Gasteiger partial charge in [-0.15, -0.1) is 0 Å². The highest BCUT2D eigenvalue weighted by Gasteiger charge is 2.28. The SMILES string of the molecule is CCCCCCCCCCCCCCCCCC(=O)NC(CCc1cc(C(C)(C)C)c(O)c(C(C)(C)C)c1)CCc1cc(C(C)(C)C)c(O)c(C(C)(C)C)c1.